The van der Waals surface area contributed by atoms with Gasteiger partial charge in [0.15, 0.2) is 0 Å². The Morgan fingerprint density at radius 2 is 1.46 bits per heavy atom. The van der Waals surface area contributed by atoms with Gasteiger partial charge in [0.25, 0.3) is 0 Å². The van der Waals surface area contributed by atoms with E-state index in [0.717, 1.165) is 27.6 Å². The summed E-state index contributed by atoms with van der Waals surface area (Å²) in [7, 11) is 0. The Hall–Kier alpha value is -1.08. The van der Waals surface area contributed by atoms with Gasteiger partial charge in [-0.25, -0.2) is 0 Å². The van der Waals surface area contributed by atoms with Crippen molar-refractivity contribution in [2.45, 2.75) is 43.9 Å². The molecule has 0 radical (unpaired) electrons. The maximum absolute atomic E-state index is 3.53. The lowest BCUT2D eigenvalue weighted by molar-refractivity contribution is -0.000160. The first-order chi connectivity index (χ1) is 11.7. The standard InChI is InChI=1S/C23H23Br/c24-21-7-3-17(4-8-21)16-1-5-18(6-2-16)22-11-15-9-19-10-20(13-22)23(19,12-15)14-22/h1-8,15,19-20H,9-14H2. The maximum Gasteiger partial charge on any atom is 0.0175 e. The van der Waals surface area contributed by atoms with Crippen molar-refractivity contribution in [1.29, 1.82) is 0 Å². The molecule has 0 aromatic heterocycles. The second-order valence-electron chi connectivity index (χ2n) is 9.12. The number of halogens is 1. The third-order valence-electron chi connectivity index (χ3n) is 8.14. The number of benzene rings is 2. The molecule has 5 atom stereocenters. The number of hydrogen-bond donors (Lipinski definition) is 0. The molecule has 2 aromatic rings. The van der Waals surface area contributed by atoms with Gasteiger partial charge < -0.3 is 0 Å². The molecule has 1 spiro atoms. The summed E-state index contributed by atoms with van der Waals surface area (Å²) in [5.41, 5.74) is 5.61. The Bertz CT molecular complexity index is 801. The molecule has 6 rings (SSSR count). The zero-order valence-corrected chi connectivity index (χ0v) is 15.6. The molecule has 5 unspecified atom stereocenters. The van der Waals surface area contributed by atoms with Crippen LogP contribution in [0.5, 0.6) is 0 Å². The maximum atomic E-state index is 3.53. The van der Waals surface area contributed by atoms with E-state index in [-0.39, 0.29) is 0 Å². The molecule has 0 amide bonds. The van der Waals surface area contributed by atoms with Gasteiger partial charge in [0.2, 0.25) is 0 Å². The van der Waals surface area contributed by atoms with Gasteiger partial charge in [-0.2, -0.15) is 0 Å². The van der Waals surface area contributed by atoms with E-state index in [1.807, 2.05) is 0 Å². The van der Waals surface area contributed by atoms with Gasteiger partial charge in [-0.3, -0.25) is 0 Å². The summed E-state index contributed by atoms with van der Waals surface area (Å²) in [6, 6.07) is 18.3. The molecular formula is C23H23Br. The molecular weight excluding hydrogens is 356 g/mol. The van der Waals surface area contributed by atoms with Gasteiger partial charge in [0, 0.05) is 4.47 Å². The van der Waals surface area contributed by atoms with Crippen molar-refractivity contribution in [2.75, 3.05) is 0 Å². The molecule has 4 fully saturated rings. The smallest absolute Gasteiger partial charge is 0.0175 e. The average Bonchev–Trinajstić information content (AvgIpc) is 2.91. The van der Waals surface area contributed by atoms with Crippen molar-refractivity contribution in [2.24, 2.45) is 23.2 Å². The first-order valence-corrected chi connectivity index (χ1v) is 10.3. The third-order valence-corrected chi connectivity index (χ3v) is 8.67. The summed E-state index contributed by atoms with van der Waals surface area (Å²) in [6.45, 7) is 0. The summed E-state index contributed by atoms with van der Waals surface area (Å²) in [6.07, 6.45) is 9.13. The Morgan fingerprint density at radius 1 is 0.750 bits per heavy atom. The Kier molecular flexibility index (Phi) is 2.68. The molecule has 0 nitrogen and oxygen atoms in total. The highest BCUT2D eigenvalue weighted by Crippen LogP contribution is 2.78. The average molecular weight is 379 g/mol. The summed E-state index contributed by atoms with van der Waals surface area (Å²) in [4.78, 5) is 0. The molecule has 24 heavy (non-hydrogen) atoms. The second kappa shape index (κ2) is 4.55. The van der Waals surface area contributed by atoms with E-state index in [1.165, 1.54) is 30.4 Å². The van der Waals surface area contributed by atoms with Crippen LogP contribution in [0, 0.1) is 23.2 Å². The molecule has 0 N–H and O–H groups in total. The molecule has 0 heterocycles. The van der Waals surface area contributed by atoms with Gasteiger partial charge in [0.05, 0.1) is 0 Å². The van der Waals surface area contributed by atoms with Crippen LogP contribution in [-0.2, 0) is 5.41 Å². The minimum Gasteiger partial charge on any atom is -0.0579 e. The Balaban J connectivity index is 1.36. The Labute approximate surface area is 152 Å². The fourth-order valence-corrected chi connectivity index (χ4v) is 7.62. The second-order valence-corrected chi connectivity index (χ2v) is 10.0. The van der Waals surface area contributed by atoms with Crippen molar-refractivity contribution in [3.8, 4) is 11.1 Å². The molecule has 4 aliphatic carbocycles. The molecule has 4 saturated carbocycles. The number of rotatable bonds is 2. The normalized spacial score (nSPS) is 41.3. The highest BCUT2D eigenvalue weighted by atomic mass is 79.9. The van der Waals surface area contributed by atoms with E-state index < -0.39 is 0 Å². The van der Waals surface area contributed by atoms with Crippen LogP contribution in [0.4, 0.5) is 0 Å². The van der Waals surface area contributed by atoms with E-state index in [0.29, 0.717) is 5.41 Å². The van der Waals surface area contributed by atoms with Gasteiger partial charge >= 0.3 is 0 Å². The van der Waals surface area contributed by atoms with Gasteiger partial charge in [0.1, 0.15) is 0 Å². The summed E-state index contributed by atoms with van der Waals surface area (Å²) in [5, 5.41) is 0. The predicted octanol–water partition coefficient (Wildman–Crippen LogP) is 6.58. The van der Waals surface area contributed by atoms with Gasteiger partial charge in [-0.15, -0.1) is 0 Å². The number of fused-ring (bicyclic) bond motifs is 2. The van der Waals surface area contributed by atoms with E-state index in [9.17, 15) is 0 Å². The molecule has 4 aliphatic rings. The first-order valence-electron chi connectivity index (χ1n) is 9.53. The SMILES string of the molecule is Brc1ccc(-c2ccc(C34CC5CC6CC(C3)C6(C5)C4)cc2)cc1. The van der Waals surface area contributed by atoms with Crippen LogP contribution < -0.4 is 0 Å². The molecule has 1 heteroatoms. The molecule has 122 valence electrons. The fraction of sp³-hybridized carbons (Fsp3) is 0.478. The van der Waals surface area contributed by atoms with E-state index in [4.69, 9.17) is 0 Å². The van der Waals surface area contributed by atoms with E-state index in [2.05, 4.69) is 64.5 Å². The lowest BCUT2D eigenvalue weighted by Crippen LogP contribution is -2.42. The van der Waals surface area contributed by atoms with Crippen LogP contribution in [0.25, 0.3) is 11.1 Å². The van der Waals surface area contributed by atoms with Crippen LogP contribution in [-0.4, -0.2) is 0 Å². The van der Waals surface area contributed by atoms with E-state index in [1.54, 1.807) is 24.8 Å². The van der Waals surface area contributed by atoms with Crippen LogP contribution in [0.3, 0.4) is 0 Å². The minimum absolute atomic E-state index is 0.525. The monoisotopic (exact) mass is 378 g/mol. The minimum atomic E-state index is 0.525. The largest absolute Gasteiger partial charge is 0.0579 e. The van der Waals surface area contributed by atoms with Gasteiger partial charge in [-0.05, 0) is 95.9 Å². The van der Waals surface area contributed by atoms with Crippen molar-refractivity contribution < 1.29 is 0 Å². The molecule has 0 aliphatic heterocycles. The van der Waals surface area contributed by atoms with E-state index >= 15 is 0 Å². The highest BCUT2D eigenvalue weighted by molar-refractivity contribution is 9.10. The summed E-state index contributed by atoms with van der Waals surface area (Å²) >= 11 is 3.53. The van der Waals surface area contributed by atoms with Crippen molar-refractivity contribution in [3.05, 3.63) is 58.6 Å². The highest BCUT2D eigenvalue weighted by Gasteiger charge is 2.70. The molecule has 0 saturated heterocycles. The van der Waals surface area contributed by atoms with Crippen molar-refractivity contribution in [1.82, 2.24) is 0 Å². The quantitative estimate of drug-likeness (QED) is 0.553. The number of hydrogen-bond acceptors (Lipinski definition) is 0. The Morgan fingerprint density at radius 3 is 2.21 bits per heavy atom. The van der Waals surface area contributed by atoms with Gasteiger partial charge in [-0.1, -0.05) is 52.3 Å². The van der Waals surface area contributed by atoms with Crippen LogP contribution in [0.2, 0.25) is 0 Å². The summed E-state index contributed by atoms with van der Waals surface area (Å²) in [5.74, 6) is 3.18. The van der Waals surface area contributed by atoms with Crippen LogP contribution in [0.15, 0.2) is 53.0 Å². The lowest BCUT2D eigenvalue weighted by Gasteiger charge is -2.49. The first kappa shape index (κ1) is 14.1. The molecule has 2 aromatic carbocycles. The zero-order valence-electron chi connectivity index (χ0n) is 14.0. The zero-order chi connectivity index (χ0) is 15.9. The topological polar surface area (TPSA) is 0 Å². The third kappa shape index (κ3) is 1.70. The summed E-state index contributed by atoms with van der Waals surface area (Å²) < 4.78 is 1.15. The predicted molar refractivity (Wildman–Crippen MR) is 102 cm³/mol. The fourth-order valence-electron chi connectivity index (χ4n) is 7.35. The molecule has 3 bridgehead atoms. The van der Waals surface area contributed by atoms with Crippen LogP contribution in [0.1, 0.15) is 44.1 Å². The van der Waals surface area contributed by atoms with Crippen LogP contribution >= 0.6 is 15.9 Å². The van der Waals surface area contributed by atoms with Crippen molar-refractivity contribution in [3.63, 3.8) is 0 Å². The van der Waals surface area contributed by atoms with Crippen molar-refractivity contribution >= 4 is 15.9 Å². The lowest BCUT2D eigenvalue weighted by atomic mass is 9.55.